The van der Waals surface area contributed by atoms with E-state index in [4.69, 9.17) is 20.8 Å². The second kappa shape index (κ2) is 14.5. The van der Waals surface area contributed by atoms with Crippen LogP contribution in [0.25, 0.3) is 22.3 Å². The first-order valence-electron chi connectivity index (χ1n) is 15.0. The molecule has 0 spiro atoms. The van der Waals surface area contributed by atoms with Gasteiger partial charge in [0.15, 0.2) is 5.43 Å². The van der Waals surface area contributed by atoms with Gasteiger partial charge in [-0.15, -0.1) is 24.8 Å². The van der Waals surface area contributed by atoms with Gasteiger partial charge in [0.05, 0.1) is 10.9 Å². The van der Waals surface area contributed by atoms with Crippen molar-refractivity contribution >= 4 is 59.0 Å². The summed E-state index contributed by atoms with van der Waals surface area (Å²) in [5.74, 6) is -1.37. The number of ether oxygens (including phenoxy) is 1. The standard InChI is InChI=1S/C34H36ClN3O6.2ClH/c1-19-14-22(15-20(2)36-19)38-12-8-21(9-13-38)34(42)44-30-18-37(3)11-10-24(30)31-26(39)16-27(40)32-28(41)17-29(43-33(31)32)23-6-4-5-7-25(23)35;;/h4-7,14-17,21,24,30,39-40H,8-13,18H2,1-3H3;2*1H/t24-,30+;;/m0../s1. The molecule has 2 atom stereocenters. The lowest BCUT2D eigenvalue weighted by atomic mass is 9.85. The number of halogens is 3. The summed E-state index contributed by atoms with van der Waals surface area (Å²) in [6.07, 6.45) is 1.27. The Morgan fingerprint density at radius 1 is 0.978 bits per heavy atom. The van der Waals surface area contributed by atoms with E-state index in [1.807, 2.05) is 20.9 Å². The minimum atomic E-state index is -0.599. The highest BCUT2D eigenvalue weighted by Crippen LogP contribution is 2.44. The second-order valence-electron chi connectivity index (χ2n) is 12.0. The largest absolute Gasteiger partial charge is 0.507 e. The van der Waals surface area contributed by atoms with E-state index in [9.17, 15) is 19.8 Å². The van der Waals surface area contributed by atoms with Crippen LogP contribution in [-0.2, 0) is 9.53 Å². The van der Waals surface area contributed by atoms with Crippen molar-refractivity contribution in [2.45, 2.75) is 45.1 Å². The van der Waals surface area contributed by atoms with Crippen LogP contribution in [0.5, 0.6) is 11.5 Å². The first-order valence-corrected chi connectivity index (χ1v) is 15.3. The number of hydrogen-bond donors (Lipinski definition) is 2. The molecule has 0 unspecified atom stereocenters. The number of piperidine rings is 2. The molecule has 4 heterocycles. The molecule has 2 aliphatic heterocycles. The molecule has 12 heteroatoms. The molecule has 2 N–H and O–H groups in total. The zero-order chi connectivity index (χ0) is 31.1. The Kier molecular flexibility index (Phi) is 11.2. The Bertz CT molecular complexity index is 1770. The van der Waals surface area contributed by atoms with E-state index in [2.05, 4.69) is 26.9 Å². The van der Waals surface area contributed by atoms with E-state index in [-0.39, 0.29) is 64.9 Å². The molecule has 6 rings (SSSR count). The van der Waals surface area contributed by atoms with Crippen LogP contribution < -0.4 is 10.3 Å². The van der Waals surface area contributed by atoms with Crippen molar-refractivity contribution in [3.8, 4) is 22.8 Å². The summed E-state index contributed by atoms with van der Waals surface area (Å²) >= 11 is 6.41. The van der Waals surface area contributed by atoms with Gasteiger partial charge in [0, 0.05) is 65.9 Å². The zero-order valence-corrected chi connectivity index (χ0v) is 28.3. The van der Waals surface area contributed by atoms with Gasteiger partial charge in [-0.3, -0.25) is 14.6 Å². The normalized spacial score (nSPS) is 18.9. The molecule has 2 aromatic heterocycles. The maximum absolute atomic E-state index is 13.6. The first-order chi connectivity index (χ1) is 21.1. The van der Waals surface area contributed by atoms with E-state index in [0.29, 0.717) is 48.5 Å². The number of hydrogen-bond acceptors (Lipinski definition) is 9. The third-order valence-electron chi connectivity index (χ3n) is 8.80. The van der Waals surface area contributed by atoms with Gasteiger partial charge in [-0.25, -0.2) is 0 Å². The Morgan fingerprint density at radius 3 is 2.33 bits per heavy atom. The Labute approximate surface area is 285 Å². The molecule has 2 aliphatic rings. The highest BCUT2D eigenvalue weighted by molar-refractivity contribution is 6.33. The summed E-state index contributed by atoms with van der Waals surface area (Å²) < 4.78 is 12.5. The van der Waals surface area contributed by atoms with E-state index in [1.165, 1.54) is 12.1 Å². The molecule has 0 bridgehead atoms. The highest BCUT2D eigenvalue weighted by atomic mass is 35.5. The van der Waals surface area contributed by atoms with Gasteiger partial charge in [-0.05, 0) is 71.0 Å². The quantitative estimate of drug-likeness (QED) is 0.223. The number of rotatable bonds is 5. The van der Waals surface area contributed by atoms with Crippen LogP contribution >= 0.6 is 36.4 Å². The predicted molar refractivity (Wildman–Crippen MR) is 184 cm³/mol. The fourth-order valence-corrected chi connectivity index (χ4v) is 6.84. The van der Waals surface area contributed by atoms with Gasteiger partial charge in [0.25, 0.3) is 0 Å². The summed E-state index contributed by atoms with van der Waals surface area (Å²) in [6.45, 7) is 6.55. The minimum absolute atomic E-state index is 0. The van der Waals surface area contributed by atoms with Gasteiger partial charge >= 0.3 is 5.97 Å². The van der Waals surface area contributed by atoms with Crippen molar-refractivity contribution in [2.24, 2.45) is 5.92 Å². The fraction of sp³-hybridized carbons (Fsp3) is 0.382. The van der Waals surface area contributed by atoms with Crippen LogP contribution in [0.3, 0.4) is 0 Å². The topological polar surface area (TPSA) is 116 Å². The van der Waals surface area contributed by atoms with Crippen LogP contribution in [0.15, 0.2) is 57.7 Å². The van der Waals surface area contributed by atoms with Gasteiger partial charge in [0.2, 0.25) is 0 Å². The predicted octanol–water partition coefficient (Wildman–Crippen LogP) is 6.63. The van der Waals surface area contributed by atoms with Gasteiger partial charge < -0.3 is 29.2 Å². The number of benzene rings is 2. The van der Waals surface area contributed by atoms with Crippen molar-refractivity contribution in [2.75, 3.05) is 38.1 Å². The second-order valence-corrected chi connectivity index (χ2v) is 12.4. The number of phenolic OH excluding ortho intramolecular Hbond substituents is 2. The Morgan fingerprint density at radius 2 is 1.65 bits per heavy atom. The number of carbonyl (C=O) groups excluding carboxylic acids is 1. The Hall–Kier alpha value is -3.50. The number of esters is 1. The van der Waals surface area contributed by atoms with Crippen LogP contribution in [0.1, 0.15) is 42.1 Å². The molecule has 2 saturated heterocycles. The van der Waals surface area contributed by atoms with Crippen molar-refractivity contribution in [1.82, 2.24) is 9.88 Å². The molecule has 46 heavy (non-hydrogen) atoms. The molecule has 4 aromatic rings. The van der Waals surface area contributed by atoms with Crippen LogP contribution in [-0.4, -0.2) is 65.4 Å². The maximum atomic E-state index is 13.6. The van der Waals surface area contributed by atoms with E-state index in [0.717, 1.165) is 30.2 Å². The molecule has 246 valence electrons. The summed E-state index contributed by atoms with van der Waals surface area (Å²) in [5.41, 5.74) is 3.50. The third kappa shape index (κ3) is 7.08. The number of aromatic hydroxyl groups is 2. The van der Waals surface area contributed by atoms with Crippen LogP contribution in [0, 0.1) is 19.8 Å². The summed E-state index contributed by atoms with van der Waals surface area (Å²) in [6, 6.07) is 13.6. The average Bonchev–Trinajstić information content (AvgIpc) is 2.97. The number of likely N-dealkylation sites (tertiary alicyclic amines) is 1. The molecule has 2 fully saturated rings. The molecule has 0 amide bonds. The molecule has 0 aliphatic carbocycles. The fourth-order valence-electron chi connectivity index (χ4n) is 6.61. The van der Waals surface area contributed by atoms with Gasteiger partial charge in [-0.2, -0.15) is 0 Å². The SMILES string of the molecule is Cc1cc(N2CCC(C(=O)O[C@@H]3CN(C)CC[C@@H]3c3c(O)cc(O)c4c(=O)cc(-c5ccccc5Cl)oc34)CC2)cc(C)n1.Cl.Cl. The minimum Gasteiger partial charge on any atom is -0.507 e. The maximum Gasteiger partial charge on any atom is 0.309 e. The smallest absolute Gasteiger partial charge is 0.309 e. The summed E-state index contributed by atoms with van der Waals surface area (Å²) in [5, 5.41) is 22.2. The number of pyridine rings is 1. The highest BCUT2D eigenvalue weighted by Gasteiger charge is 2.38. The zero-order valence-electron chi connectivity index (χ0n) is 25.9. The lowest BCUT2D eigenvalue weighted by Crippen LogP contribution is -2.45. The van der Waals surface area contributed by atoms with Crippen molar-refractivity contribution in [3.63, 3.8) is 0 Å². The molecule has 2 aromatic carbocycles. The number of aryl methyl sites for hydroxylation is 2. The number of fused-ring (bicyclic) bond motifs is 1. The lowest BCUT2D eigenvalue weighted by Gasteiger charge is -2.38. The van der Waals surface area contributed by atoms with E-state index < -0.39 is 17.5 Å². The number of anilines is 1. The van der Waals surface area contributed by atoms with Crippen LogP contribution in [0.2, 0.25) is 5.02 Å². The first kappa shape index (κ1) is 35.4. The van der Waals surface area contributed by atoms with Crippen molar-refractivity contribution < 1.29 is 24.2 Å². The van der Waals surface area contributed by atoms with Crippen molar-refractivity contribution in [1.29, 1.82) is 0 Å². The summed E-state index contributed by atoms with van der Waals surface area (Å²) in [4.78, 5) is 35.7. The number of likely N-dealkylation sites (N-methyl/N-ethyl adjacent to an activating group) is 1. The molecule has 9 nitrogen and oxygen atoms in total. The van der Waals surface area contributed by atoms with Crippen molar-refractivity contribution in [3.05, 3.63) is 80.7 Å². The van der Waals surface area contributed by atoms with Gasteiger partial charge in [-0.1, -0.05) is 23.7 Å². The number of carbonyl (C=O) groups is 1. The van der Waals surface area contributed by atoms with E-state index in [1.54, 1.807) is 24.3 Å². The van der Waals surface area contributed by atoms with E-state index >= 15 is 0 Å². The average molecular weight is 691 g/mol. The monoisotopic (exact) mass is 689 g/mol. The Balaban J connectivity index is 0.00000240. The van der Waals surface area contributed by atoms with Gasteiger partial charge in [0.1, 0.15) is 34.3 Å². The summed E-state index contributed by atoms with van der Waals surface area (Å²) in [7, 11) is 1.96. The third-order valence-corrected chi connectivity index (χ3v) is 9.13. The number of aromatic nitrogens is 1. The molecular weight excluding hydrogens is 653 g/mol. The molecule has 0 saturated carbocycles. The van der Waals surface area contributed by atoms with Crippen LogP contribution in [0.4, 0.5) is 5.69 Å². The number of nitrogens with zero attached hydrogens (tertiary/aromatic N) is 3. The lowest BCUT2D eigenvalue weighted by molar-refractivity contribution is -0.158. The number of phenols is 2. The molecule has 0 radical (unpaired) electrons. The molecular formula is C34H38Cl3N3O6.